The van der Waals surface area contributed by atoms with E-state index in [1.807, 2.05) is 31.4 Å². The highest BCUT2D eigenvalue weighted by atomic mass is 16.5. The molecule has 0 amide bonds. The molecule has 0 spiro atoms. The average molecular weight is 248 g/mol. The van der Waals surface area contributed by atoms with Crippen LogP contribution < -0.4 is 14.8 Å². The van der Waals surface area contributed by atoms with Gasteiger partial charge in [-0.1, -0.05) is 5.21 Å². The van der Waals surface area contributed by atoms with Gasteiger partial charge < -0.3 is 14.8 Å². The summed E-state index contributed by atoms with van der Waals surface area (Å²) in [4.78, 5) is 0. The molecule has 6 heteroatoms. The van der Waals surface area contributed by atoms with Crippen LogP contribution in [0.3, 0.4) is 0 Å². The number of hydrogen-bond donors (Lipinski definition) is 1. The van der Waals surface area contributed by atoms with Crippen LogP contribution >= 0.6 is 0 Å². The SMILES string of the molecule is COc1ccc(NCc2cn(C)nn2)c(OC)c1. The second kappa shape index (κ2) is 5.39. The van der Waals surface area contributed by atoms with E-state index in [4.69, 9.17) is 9.47 Å². The van der Waals surface area contributed by atoms with Crippen molar-refractivity contribution < 1.29 is 9.47 Å². The van der Waals surface area contributed by atoms with Crippen LogP contribution in [-0.4, -0.2) is 29.2 Å². The van der Waals surface area contributed by atoms with E-state index in [0.717, 1.165) is 22.9 Å². The third kappa shape index (κ3) is 2.71. The van der Waals surface area contributed by atoms with Gasteiger partial charge in [-0.25, -0.2) is 0 Å². The lowest BCUT2D eigenvalue weighted by atomic mass is 10.2. The normalized spacial score (nSPS) is 10.2. The van der Waals surface area contributed by atoms with Crippen molar-refractivity contribution in [2.45, 2.75) is 6.54 Å². The van der Waals surface area contributed by atoms with Gasteiger partial charge in [0.25, 0.3) is 0 Å². The van der Waals surface area contributed by atoms with Crippen molar-refractivity contribution >= 4 is 5.69 Å². The molecule has 0 radical (unpaired) electrons. The zero-order chi connectivity index (χ0) is 13.0. The van der Waals surface area contributed by atoms with Crippen LogP contribution in [0.25, 0.3) is 0 Å². The predicted octanol–water partition coefficient (Wildman–Crippen LogP) is 1.44. The summed E-state index contributed by atoms with van der Waals surface area (Å²) in [6.45, 7) is 0.594. The highest BCUT2D eigenvalue weighted by Gasteiger charge is 2.05. The van der Waals surface area contributed by atoms with Gasteiger partial charge >= 0.3 is 0 Å². The van der Waals surface area contributed by atoms with Gasteiger partial charge in [0.15, 0.2) is 0 Å². The van der Waals surface area contributed by atoms with Gasteiger partial charge in [0.05, 0.1) is 26.5 Å². The van der Waals surface area contributed by atoms with Crippen molar-refractivity contribution in [1.29, 1.82) is 0 Å². The third-order valence-corrected chi connectivity index (χ3v) is 2.52. The molecule has 18 heavy (non-hydrogen) atoms. The van der Waals surface area contributed by atoms with Gasteiger partial charge in [0.1, 0.15) is 17.2 Å². The zero-order valence-corrected chi connectivity index (χ0v) is 10.7. The van der Waals surface area contributed by atoms with Crippen LogP contribution in [0.5, 0.6) is 11.5 Å². The molecule has 0 saturated heterocycles. The fraction of sp³-hybridized carbons (Fsp3) is 0.333. The Hall–Kier alpha value is -2.24. The second-order valence-electron chi connectivity index (χ2n) is 3.80. The predicted molar refractivity (Wildman–Crippen MR) is 67.9 cm³/mol. The van der Waals surface area contributed by atoms with Crippen molar-refractivity contribution in [1.82, 2.24) is 15.0 Å². The topological polar surface area (TPSA) is 61.2 Å². The molecule has 96 valence electrons. The molecule has 0 atom stereocenters. The van der Waals surface area contributed by atoms with E-state index in [-0.39, 0.29) is 0 Å². The van der Waals surface area contributed by atoms with Crippen LogP contribution in [0.4, 0.5) is 5.69 Å². The van der Waals surface area contributed by atoms with Gasteiger partial charge in [-0.2, -0.15) is 0 Å². The van der Waals surface area contributed by atoms with Gasteiger partial charge in [0.2, 0.25) is 0 Å². The summed E-state index contributed by atoms with van der Waals surface area (Å²) >= 11 is 0. The minimum atomic E-state index is 0.594. The number of aromatic nitrogens is 3. The van der Waals surface area contributed by atoms with Crippen molar-refractivity contribution in [3.8, 4) is 11.5 Å². The van der Waals surface area contributed by atoms with Crippen molar-refractivity contribution in [2.75, 3.05) is 19.5 Å². The van der Waals surface area contributed by atoms with Gasteiger partial charge in [-0.05, 0) is 12.1 Å². The third-order valence-electron chi connectivity index (χ3n) is 2.52. The number of benzene rings is 1. The number of methoxy groups -OCH3 is 2. The maximum absolute atomic E-state index is 5.30. The highest BCUT2D eigenvalue weighted by Crippen LogP contribution is 2.29. The standard InChI is InChI=1S/C12H16N4O2/c1-16-8-9(14-15-16)7-13-11-5-4-10(17-2)6-12(11)18-3/h4-6,8,13H,7H2,1-3H3. The van der Waals surface area contributed by atoms with E-state index < -0.39 is 0 Å². The van der Waals surface area contributed by atoms with Gasteiger partial charge in [0, 0.05) is 19.3 Å². The number of nitrogens with one attached hydrogen (secondary N) is 1. The Labute approximate surface area is 106 Å². The molecule has 2 aromatic rings. The number of anilines is 1. The summed E-state index contributed by atoms with van der Waals surface area (Å²) in [5, 5.41) is 11.1. The molecule has 1 heterocycles. The highest BCUT2D eigenvalue weighted by molar-refractivity contribution is 5.59. The largest absolute Gasteiger partial charge is 0.497 e. The molecule has 0 saturated carbocycles. The molecule has 0 unspecified atom stereocenters. The summed E-state index contributed by atoms with van der Waals surface area (Å²) in [7, 11) is 5.09. The van der Waals surface area contributed by atoms with E-state index >= 15 is 0 Å². The Morgan fingerprint density at radius 3 is 2.72 bits per heavy atom. The fourth-order valence-corrected chi connectivity index (χ4v) is 1.61. The minimum absolute atomic E-state index is 0.594. The maximum atomic E-state index is 5.30. The van der Waals surface area contributed by atoms with E-state index in [9.17, 15) is 0 Å². The lowest BCUT2D eigenvalue weighted by Crippen LogP contribution is -2.02. The van der Waals surface area contributed by atoms with Crippen molar-refractivity contribution in [3.63, 3.8) is 0 Å². The lowest BCUT2D eigenvalue weighted by molar-refractivity contribution is 0.395. The summed E-state index contributed by atoms with van der Waals surface area (Å²) in [5.74, 6) is 1.50. The molecule has 2 rings (SSSR count). The van der Waals surface area contributed by atoms with Gasteiger partial charge in [-0.15, -0.1) is 5.10 Å². The monoisotopic (exact) mass is 248 g/mol. The first-order chi connectivity index (χ1) is 8.72. The molecule has 0 bridgehead atoms. The van der Waals surface area contributed by atoms with Gasteiger partial charge in [-0.3, -0.25) is 4.68 Å². The molecule has 0 aliphatic rings. The van der Waals surface area contributed by atoms with Crippen molar-refractivity contribution in [3.05, 3.63) is 30.1 Å². The number of ether oxygens (including phenoxy) is 2. The first kappa shape index (κ1) is 12.2. The minimum Gasteiger partial charge on any atom is -0.497 e. The summed E-state index contributed by atoms with van der Waals surface area (Å²) < 4.78 is 12.1. The lowest BCUT2D eigenvalue weighted by Gasteiger charge is -2.11. The van der Waals surface area contributed by atoms with Crippen molar-refractivity contribution in [2.24, 2.45) is 7.05 Å². The molecule has 1 N–H and O–H groups in total. The number of nitrogens with zero attached hydrogens (tertiary/aromatic N) is 3. The number of aryl methyl sites for hydroxylation is 1. The van der Waals surface area contributed by atoms with E-state index in [2.05, 4.69) is 15.6 Å². The van der Waals surface area contributed by atoms with E-state index in [0.29, 0.717) is 6.54 Å². The first-order valence-electron chi connectivity index (χ1n) is 5.54. The second-order valence-corrected chi connectivity index (χ2v) is 3.80. The smallest absolute Gasteiger partial charge is 0.145 e. The molecular formula is C12H16N4O2. The molecule has 6 nitrogen and oxygen atoms in total. The van der Waals surface area contributed by atoms with Crippen LogP contribution in [0.2, 0.25) is 0 Å². The summed E-state index contributed by atoms with van der Waals surface area (Å²) in [6, 6.07) is 5.62. The molecule has 0 fully saturated rings. The molecule has 0 aliphatic heterocycles. The summed E-state index contributed by atoms with van der Waals surface area (Å²) in [5.41, 5.74) is 1.76. The maximum Gasteiger partial charge on any atom is 0.145 e. The van der Waals surface area contributed by atoms with Crippen LogP contribution in [0, 0.1) is 0 Å². The number of hydrogen-bond acceptors (Lipinski definition) is 5. The quantitative estimate of drug-likeness (QED) is 0.867. The van der Waals surface area contributed by atoms with E-state index in [1.165, 1.54) is 0 Å². The first-order valence-corrected chi connectivity index (χ1v) is 5.54. The zero-order valence-electron chi connectivity index (χ0n) is 10.7. The Kier molecular flexibility index (Phi) is 3.66. The Morgan fingerprint density at radius 2 is 2.11 bits per heavy atom. The van der Waals surface area contributed by atoms with Crippen LogP contribution in [0.1, 0.15) is 5.69 Å². The van der Waals surface area contributed by atoms with Crippen LogP contribution in [0.15, 0.2) is 24.4 Å². The molecule has 0 aliphatic carbocycles. The Morgan fingerprint density at radius 1 is 1.28 bits per heavy atom. The molecule has 1 aromatic heterocycles. The van der Waals surface area contributed by atoms with Crippen LogP contribution in [-0.2, 0) is 13.6 Å². The Bertz CT molecular complexity index is 525. The molecular weight excluding hydrogens is 232 g/mol. The molecule has 1 aromatic carbocycles. The summed E-state index contributed by atoms with van der Waals surface area (Å²) in [6.07, 6.45) is 1.86. The Balaban J connectivity index is 2.08. The fourth-order valence-electron chi connectivity index (χ4n) is 1.61. The average Bonchev–Trinajstić information content (AvgIpc) is 2.82. The van der Waals surface area contributed by atoms with E-state index in [1.54, 1.807) is 18.9 Å². The number of rotatable bonds is 5.